The number of benzene rings is 1. The van der Waals surface area contributed by atoms with E-state index in [0.717, 1.165) is 0 Å². The molecule has 15 heavy (non-hydrogen) atoms. The van der Waals surface area contributed by atoms with E-state index in [-0.39, 0.29) is 10.9 Å². The molecule has 0 amide bonds. The van der Waals surface area contributed by atoms with Crippen LogP contribution in [0.1, 0.15) is 5.56 Å². The quantitative estimate of drug-likeness (QED) is 0.712. The smallest absolute Gasteiger partial charge is 0.132 e. The lowest BCUT2D eigenvalue weighted by Crippen LogP contribution is -1.91. The first-order valence-corrected chi connectivity index (χ1v) is 4.28. The largest absolute Gasteiger partial charge is 0.496 e. The maximum Gasteiger partial charge on any atom is 0.132 e. The highest BCUT2D eigenvalue weighted by atomic mass is 19.1. The second kappa shape index (κ2) is 3.54. The van der Waals surface area contributed by atoms with Crippen LogP contribution in [0.4, 0.5) is 4.39 Å². The topological polar surface area (TPSA) is 45.9 Å². The Bertz CT molecular complexity index is 560. The molecule has 0 unspecified atom stereocenters. The molecule has 1 aromatic carbocycles. The number of hydrogen-bond acceptors (Lipinski definition) is 3. The SMILES string of the molecule is COc1ccc(F)c2c(C#N)cncc12. The van der Waals surface area contributed by atoms with E-state index < -0.39 is 5.82 Å². The molecule has 0 spiro atoms. The van der Waals surface area contributed by atoms with Crippen molar-refractivity contribution in [3.63, 3.8) is 0 Å². The zero-order valence-corrected chi connectivity index (χ0v) is 7.99. The maximum atomic E-state index is 13.5. The van der Waals surface area contributed by atoms with Crippen molar-refractivity contribution in [2.24, 2.45) is 0 Å². The van der Waals surface area contributed by atoms with Crippen LogP contribution in [0.3, 0.4) is 0 Å². The van der Waals surface area contributed by atoms with Crippen LogP contribution in [0.5, 0.6) is 5.75 Å². The molecule has 4 heteroatoms. The average molecular weight is 202 g/mol. The number of methoxy groups -OCH3 is 1. The molecule has 0 saturated carbocycles. The number of fused-ring (bicyclic) bond motifs is 1. The number of ether oxygens (including phenoxy) is 1. The fourth-order valence-electron chi connectivity index (χ4n) is 1.49. The van der Waals surface area contributed by atoms with E-state index in [0.29, 0.717) is 11.1 Å². The van der Waals surface area contributed by atoms with Crippen LogP contribution < -0.4 is 4.74 Å². The minimum atomic E-state index is -0.440. The van der Waals surface area contributed by atoms with E-state index in [4.69, 9.17) is 10.00 Å². The standard InChI is InChI=1S/C11H7FN2O/c1-15-10-3-2-9(12)11-7(4-13)5-14-6-8(10)11/h2-3,5-6H,1H3. The first-order valence-electron chi connectivity index (χ1n) is 4.28. The average Bonchev–Trinajstić information content (AvgIpc) is 2.29. The zero-order valence-electron chi connectivity index (χ0n) is 7.99. The Morgan fingerprint density at radius 2 is 2.20 bits per heavy atom. The first kappa shape index (κ1) is 9.41. The Morgan fingerprint density at radius 3 is 2.87 bits per heavy atom. The van der Waals surface area contributed by atoms with E-state index in [9.17, 15) is 4.39 Å². The third-order valence-electron chi connectivity index (χ3n) is 2.17. The number of nitriles is 1. The molecule has 3 nitrogen and oxygen atoms in total. The van der Waals surface area contributed by atoms with Gasteiger partial charge >= 0.3 is 0 Å². The van der Waals surface area contributed by atoms with Crippen LogP contribution >= 0.6 is 0 Å². The van der Waals surface area contributed by atoms with Gasteiger partial charge in [-0.2, -0.15) is 5.26 Å². The lowest BCUT2D eigenvalue weighted by Gasteiger charge is -2.06. The number of halogens is 1. The summed E-state index contributed by atoms with van der Waals surface area (Å²) in [6.45, 7) is 0. The molecular formula is C11H7FN2O. The number of aromatic nitrogens is 1. The van der Waals surface area contributed by atoms with E-state index in [1.807, 2.05) is 6.07 Å². The van der Waals surface area contributed by atoms with Crippen molar-refractivity contribution < 1.29 is 9.13 Å². The van der Waals surface area contributed by atoms with Gasteiger partial charge in [0.2, 0.25) is 0 Å². The number of hydrogen-bond donors (Lipinski definition) is 0. The second-order valence-electron chi connectivity index (χ2n) is 2.97. The molecule has 0 aliphatic rings. The van der Waals surface area contributed by atoms with Crippen molar-refractivity contribution in [1.29, 1.82) is 5.26 Å². The lowest BCUT2D eigenvalue weighted by molar-refractivity contribution is 0.419. The van der Waals surface area contributed by atoms with Crippen molar-refractivity contribution in [3.05, 3.63) is 35.9 Å². The minimum absolute atomic E-state index is 0.212. The van der Waals surface area contributed by atoms with Gasteiger partial charge in [0.15, 0.2) is 0 Å². The third kappa shape index (κ3) is 1.38. The highest BCUT2D eigenvalue weighted by Gasteiger charge is 2.10. The van der Waals surface area contributed by atoms with Gasteiger partial charge in [0.1, 0.15) is 17.6 Å². The van der Waals surface area contributed by atoms with Gasteiger partial charge in [-0.3, -0.25) is 4.98 Å². The van der Waals surface area contributed by atoms with Gasteiger partial charge in [-0.15, -0.1) is 0 Å². The molecule has 74 valence electrons. The molecular weight excluding hydrogens is 195 g/mol. The highest BCUT2D eigenvalue weighted by Crippen LogP contribution is 2.28. The molecule has 0 bridgehead atoms. The number of rotatable bonds is 1. The Hall–Kier alpha value is -2.15. The van der Waals surface area contributed by atoms with E-state index >= 15 is 0 Å². The van der Waals surface area contributed by atoms with Gasteiger partial charge in [0, 0.05) is 23.2 Å². The molecule has 0 aliphatic heterocycles. The van der Waals surface area contributed by atoms with Gasteiger partial charge in [0.05, 0.1) is 12.7 Å². The summed E-state index contributed by atoms with van der Waals surface area (Å²) in [4.78, 5) is 3.86. The van der Waals surface area contributed by atoms with Crippen LogP contribution in [-0.2, 0) is 0 Å². The number of pyridine rings is 1. The van der Waals surface area contributed by atoms with Gasteiger partial charge in [-0.1, -0.05) is 0 Å². The summed E-state index contributed by atoms with van der Waals surface area (Å²) in [7, 11) is 1.49. The Balaban J connectivity index is 2.94. The summed E-state index contributed by atoms with van der Waals surface area (Å²) in [5, 5.41) is 9.59. The van der Waals surface area contributed by atoms with Gasteiger partial charge < -0.3 is 4.74 Å². The van der Waals surface area contributed by atoms with E-state index in [2.05, 4.69) is 4.98 Å². The van der Waals surface area contributed by atoms with Crippen molar-refractivity contribution in [3.8, 4) is 11.8 Å². The van der Waals surface area contributed by atoms with Gasteiger partial charge in [-0.05, 0) is 12.1 Å². The summed E-state index contributed by atoms with van der Waals surface area (Å²) < 4.78 is 18.6. The summed E-state index contributed by atoms with van der Waals surface area (Å²) in [6, 6.07) is 4.70. The van der Waals surface area contributed by atoms with Gasteiger partial charge in [0.25, 0.3) is 0 Å². The minimum Gasteiger partial charge on any atom is -0.496 e. The summed E-state index contributed by atoms with van der Waals surface area (Å²) >= 11 is 0. The second-order valence-corrected chi connectivity index (χ2v) is 2.97. The van der Waals surface area contributed by atoms with Crippen molar-refractivity contribution in [2.45, 2.75) is 0 Å². The van der Waals surface area contributed by atoms with Crippen LogP contribution in [0, 0.1) is 17.1 Å². The Morgan fingerprint density at radius 1 is 1.40 bits per heavy atom. The van der Waals surface area contributed by atoms with Crippen LogP contribution in [0.2, 0.25) is 0 Å². The summed E-state index contributed by atoms with van der Waals surface area (Å²) in [5.74, 6) is 0.0701. The molecule has 1 aromatic heterocycles. The summed E-state index contributed by atoms with van der Waals surface area (Å²) in [5.41, 5.74) is 0.212. The molecule has 0 saturated heterocycles. The zero-order chi connectivity index (χ0) is 10.8. The fourth-order valence-corrected chi connectivity index (χ4v) is 1.49. The van der Waals surface area contributed by atoms with E-state index in [1.54, 1.807) is 0 Å². The maximum absolute atomic E-state index is 13.5. The molecule has 0 aliphatic carbocycles. The van der Waals surface area contributed by atoms with E-state index in [1.165, 1.54) is 31.6 Å². The van der Waals surface area contributed by atoms with Crippen LogP contribution in [0.25, 0.3) is 10.8 Å². The molecule has 0 fully saturated rings. The highest BCUT2D eigenvalue weighted by molar-refractivity contribution is 5.92. The molecule has 0 radical (unpaired) electrons. The molecule has 2 aromatic rings. The Kier molecular flexibility index (Phi) is 2.22. The third-order valence-corrected chi connectivity index (χ3v) is 2.17. The molecule has 2 rings (SSSR count). The summed E-state index contributed by atoms with van der Waals surface area (Å²) in [6.07, 6.45) is 2.82. The molecule has 0 N–H and O–H groups in total. The monoisotopic (exact) mass is 202 g/mol. The van der Waals surface area contributed by atoms with Crippen molar-refractivity contribution in [2.75, 3.05) is 7.11 Å². The first-order chi connectivity index (χ1) is 7.27. The van der Waals surface area contributed by atoms with Crippen molar-refractivity contribution in [1.82, 2.24) is 4.98 Å². The van der Waals surface area contributed by atoms with Gasteiger partial charge in [-0.25, -0.2) is 4.39 Å². The Labute approximate surface area is 85.7 Å². The predicted octanol–water partition coefficient (Wildman–Crippen LogP) is 2.25. The van der Waals surface area contributed by atoms with Crippen molar-refractivity contribution >= 4 is 10.8 Å². The molecule has 0 atom stereocenters. The lowest BCUT2D eigenvalue weighted by atomic mass is 10.1. The normalized spacial score (nSPS) is 9.93. The molecule has 1 heterocycles. The number of nitrogens with zero attached hydrogens (tertiary/aromatic N) is 2. The van der Waals surface area contributed by atoms with Crippen LogP contribution in [0.15, 0.2) is 24.5 Å². The van der Waals surface area contributed by atoms with Crippen LogP contribution in [-0.4, -0.2) is 12.1 Å². The predicted molar refractivity (Wildman–Crippen MR) is 53.0 cm³/mol. The fraction of sp³-hybridized carbons (Fsp3) is 0.0909.